The van der Waals surface area contributed by atoms with E-state index in [2.05, 4.69) is 51.2 Å². The molecular formula is C28H31NO3. The monoisotopic (exact) mass is 429 g/mol. The third kappa shape index (κ3) is 3.30. The number of aliphatic hydroxyl groups is 1. The summed E-state index contributed by atoms with van der Waals surface area (Å²) in [6, 6.07) is 20.0. The summed E-state index contributed by atoms with van der Waals surface area (Å²) in [5, 5.41) is 13.4. The summed E-state index contributed by atoms with van der Waals surface area (Å²) in [5.74, 6) is 1.09. The number of amides is 1. The second-order valence-electron chi connectivity index (χ2n) is 9.09. The van der Waals surface area contributed by atoms with Crippen LogP contribution in [0.25, 0.3) is 0 Å². The van der Waals surface area contributed by atoms with E-state index in [1.807, 2.05) is 42.5 Å². The summed E-state index contributed by atoms with van der Waals surface area (Å²) in [4.78, 5) is 14.0. The van der Waals surface area contributed by atoms with Gasteiger partial charge in [-0.2, -0.15) is 0 Å². The largest absolute Gasteiger partial charge is 0.496 e. The fraction of sp³-hybridized carbons (Fsp3) is 0.321. The Morgan fingerprint density at radius 3 is 2.12 bits per heavy atom. The van der Waals surface area contributed by atoms with Crippen LogP contribution in [0.5, 0.6) is 5.75 Å². The first-order valence-corrected chi connectivity index (χ1v) is 11.2. The van der Waals surface area contributed by atoms with Gasteiger partial charge in [-0.05, 0) is 46.2 Å². The summed E-state index contributed by atoms with van der Waals surface area (Å²) >= 11 is 0. The molecule has 1 unspecified atom stereocenters. The van der Waals surface area contributed by atoms with Crippen molar-refractivity contribution >= 4 is 11.6 Å². The Hall–Kier alpha value is -3.11. The summed E-state index contributed by atoms with van der Waals surface area (Å²) in [5.41, 5.74) is 5.11. The molecule has 3 aromatic rings. The fourth-order valence-corrected chi connectivity index (χ4v) is 4.76. The van der Waals surface area contributed by atoms with Gasteiger partial charge in [-0.3, -0.25) is 4.79 Å². The molecule has 0 saturated carbocycles. The number of anilines is 1. The van der Waals surface area contributed by atoms with Crippen LogP contribution in [0.2, 0.25) is 0 Å². The summed E-state index contributed by atoms with van der Waals surface area (Å²) in [7, 11) is 1.64. The van der Waals surface area contributed by atoms with Gasteiger partial charge in [0.2, 0.25) is 5.91 Å². The Morgan fingerprint density at radius 2 is 1.50 bits per heavy atom. The molecule has 4 rings (SSSR count). The zero-order valence-electron chi connectivity index (χ0n) is 19.4. The number of methoxy groups -OCH3 is 1. The smallest absolute Gasteiger partial charge is 0.244 e. The van der Waals surface area contributed by atoms with Crippen molar-refractivity contribution in [2.75, 3.05) is 12.4 Å². The number of benzene rings is 3. The first-order chi connectivity index (χ1) is 15.3. The minimum Gasteiger partial charge on any atom is -0.496 e. The topological polar surface area (TPSA) is 58.6 Å². The Labute approximate surface area is 190 Å². The molecule has 4 nitrogen and oxygen atoms in total. The summed E-state index contributed by atoms with van der Waals surface area (Å²) in [6.07, 6.45) is 0. The molecule has 1 aliphatic rings. The predicted molar refractivity (Wildman–Crippen MR) is 128 cm³/mol. The van der Waals surface area contributed by atoms with Gasteiger partial charge in [0, 0.05) is 16.8 Å². The molecule has 1 atom stereocenters. The average Bonchev–Trinajstić information content (AvgIpc) is 3.10. The van der Waals surface area contributed by atoms with Crippen LogP contribution in [0.1, 0.15) is 72.9 Å². The molecule has 166 valence electrons. The second kappa shape index (κ2) is 8.44. The molecule has 1 aliphatic heterocycles. The van der Waals surface area contributed by atoms with Crippen LogP contribution in [0.15, 0.2) is 60.7 Å². The van der Waals surface area contributed by atoms with Gasteiger partial charge in [0.05, 0.1) is 13.7 Å². The van der Waals surface area contributed by atoms with Gasteiger partial charge in [-0.25, -0.2) is 0 Å². The number of nitrogens with one attached hydrogen (secondary N) is 1. The number of carbonyl (C=O) groups is 1. The average molecular weight is 430 g/mol. The lowest BCUT2D eigenvalue weighted by Gasteiger charge is -2.33. The van der Waals surface area contributed by atoms with Crippen molar-refractivity contribution in [2.45, 2.75) is 51.6 Å². The molecule has 0 saturated heterocycles. The third-order valence-electron chi connectivity index (χ3n) is 6.59. The zero-order chi connectivity index (χ0) is 23.0. The quantitative estimate of drug-likeness (QED) is 0.527. The van der Waals surface area contributed by atoms with Crippen molar-refractivity contribution < 1.29 is 14.6 Å². The van der Waals surface area contributed by atoms with Crippen molar-refractivity contribution in [1.82, 2.24) is 0 Å². The Bertz CT molecular complexity index is 1100. The van der Waals surface area contributed by atoms with E-state index in [4.69, 9.17) is 4.74 Å². The SMILES string of the molecule is COc1ccc(C(C)C)cc1C1(c2cc(C(C)C)ccc2CO)C(=O)Nc2ccccc21. The first-order valence-electron chi connectivity index (χ1n) is 11.2. The van der Waals surface area contributed by atoms with Gasteiger partial charge in [-0.1, -0.05) is 76.2 Å². The molecule has 0 spiro atoms. The van der Waals surface area contributed by atoms with Gasteiger partial charge in [0.25, 0.3) is 0 Å². The standard InChI is InChI=1S/C28H31NO3/c1-17(2)19-10-11-21(16-30)23(14-19)28(22-8-6-7-9-25(22)29-27(28)31)24-15-20(18(3)4)12-13-26(24)32-5/h6-15,17-18,30H,16H2,1-5H3,(H,29,31). The molecule has 1 heterocycles. The van der Waals surface area contributed by atoms with Crippen LogP contribution in [-0.4, -0.2) is 18.1 Å². The maximum absolute atomic E-state index is 14.0. The molecule has 0 radical (unpaired) electrons. The van der Waals surface area contributed by atoms with E-state index in [9.17, 15) is 9.90 Å². The van der Waals surface area contributed by atoms with E-state index in [0.717, 1.165) is 39.1 Å². The second-order valence-corrected chi connectivity index (χ2v) is 9.09. The highest BCUT2D eigenvalue weighted by Crippen LogP contribution is 2.52. The van der Waals surface area contributed by atoms with E-state index < -0.39 is 5.41 Å². The molecule has 0 bridgehead atoms. The number of fused-ring (bicyclic) bond motifs is 1. The number of aliphatic hydroxyl groups excluding tert-OH is 1. The van der Waals surface area contributed by atoms with Crippen LogP contribution < -0.4 is 10.1 Å². The molecule has 0 aliphatic carbocycles. The van der Waals surface area contributed by atoms with Crippen molar-refractivity contribution in [3.63, 3.8) is 0 Å². The van der Waals surface area contributed by atoms with Gasteiger partial charge < -0.3 is 15.2 Å². The lowest BCUT2D eigenvalue weighted by atomic mass is 9.67. The number of carbonyl (C=O) groups excluding carboxylic acids is 1. The molecule has 4 heteroatoms. The molecule has 1 amide bonds. The number of hydrogen-bond acceptors (Lipinski definition) is 3. The molecular weight excluding hydrogens is 398 g/mol. The third-order valence-corrected chi connectivity index (χ3v) is 6.59. The molecule has 0 aromatic heterocycles. The number of para-hydroxylation sites is 1. The van der Waals surface area contributed by atoms with Crippen LogP contribution in [-0.2, 0) is 16.8 Å². The number of hydrogen-bond donors (Lipinski definition) is 2. The Kier molecular flexibility index (Phi) is 5.83. The molecule has 0 fully saturated rings. The van der Waals surface area contributed by atoms with E-state index in [1.165, 1.54) is 0 Å². The molecule has 32 heavy (non-hydrogen) atoms. The van der Waals surface area contributed by atoms with E-state index in [-0.39, 0.29) is 24.3 Å². The highest BCUT2D eigenvalue weighted by Gasteiger charge is 2.52. The number of ether oxygens (including phenoxy) is 1. The zero-order valence-corrected chi connectivity index (χ0v) is 19.4. The highest BCUT2D eigenvalue weighted by molar-refractivity contribution is 6.12. The van der Waals surface area contributed by atoms with Crippen LogP contribution in [0.3, 0.4) is 0 Å². The maximum Gasteiger partial charge on any atom is 0.244 e. The fourth-order valence-electron chi connectivity index (χ4n) is 4.76. The van der Waals surface area contributed by atoms with Crippen LogP contribution in [0.4, 0.5) is 5.69 Å². The molecule has 3 aromatic carbocycles. The van der Waals surface area contributed by atoms with Crippen molar-refractivity contribution in [3.8, 4) is 5.75 Å². The number of rotatable bonds is 6. The Morgan fingerprint density at radius 1 is 0.875 bits per heavy atom. The maximum atomic E-state index is 14.0. The van der Waals surface area contributed by atoms with Crippen molar-refractivity contribution in [2.24, 2.45) is 0 Å². The normalized spacial score (nSPS) is 17.6. The predicted octanol–water partition coefficient (Wildman–Crippen LogP) is 5.72. The van der Waals surface area contributed by atoms with E-state index in [1.54, 1.807) is 7.11 Å². The lowest BCUT2D eigenvalue weighted by Crippen LogP contribution is -2.38. The Balaban J connectivity index is 2.17. The van der Waals surface area contributed by atoms with E-state index >= 15 is 0 Å². The van der Waals surface area contributed by atoms with Gasteiger partial charge in [-0.15, -0.1) is 0 Å². The van der Waals surface area contributed by atoms with E-state index in [0.29, 0.717) is 5.75 Å². The minimum atomic E-state index is -1.13. The lowest BCUT2D eigenvalue weighted by molar-refractivity contribution is -0.118. The minimum absolute atomic E-state index is 0.131. The van der Waals surface area contributed by atoms with Gasteiger partial charge in [0.15, 0.2) is 0 Å². The van der Waals surface area contributed by atoms with Crippen molar-refractivity contribution in [1.29, 1.82) is 0 Å². The first kappa shape index (κ1) is 22.1. The van der Waals surface area contributed by atoms with Crippen molar-refractivity contribution in [3.05, 3.63) is 94.0 Å². The van der Waals surface area contributed by atoms with Gasteiger partial charge in [0.1, 0.15) is 11.2 Å². The molecule has 2 N–H and O–H groups in total. The van der Waals surface area contributed by atoms with Crippen LogP contribution >= 0.6 is 0 Å². The van der Waals surface area contributed by atoms with Crippen LogP contribution in [0, 0.1) is 0 Å². The highest BCUT2D eigenvalue weighted by atomic mass is 16.5. The summed E-state index contributed by atoms with van der Waals surface area (Å²) in [6.45, 7) is 8.39. The van der Waals surface area contributed by atoms with Gasteiger partial charge >= 0.3 is 0 Å². The summed E-state index contributed by atoms with van der Waals surface area (Å²) < 4.78 is 5.81.